The van der Waals surface area contributed by atoms with Crippen molar-refractivity contribution in [2.24, 2.45) is 0 Å². The molecule has 1 aromatic heterocycles. The van der Waals surface area contributed by atoms with Crippen molar-refractivity contribution in [1.29, 1.82) is 0 Å². The zero-order valence-corrected chi connectivity index (χ0v) is 29.2. The molecule has 2 aliphatic rings. The van der Waals surface area contributed by atoms with Crippen LogP contribution in [0.5, 0.6) is 0 Å². The van der Waals surface area contributed by atoms with Gasteiger partial charge in [0.1, 0.15) is 17.0 Å². The SMILES string of the molecule is CC(C)(C)OC(=O)N[C@H](CC(=O)N1CCn2c(C(F)(F)F)nc(C(=O)N3CCC[C@@H](NC(=O)OC(C)(C)C)C3)c2C1)Cc1cc(F)c(F)cc1F. The van der Waals surface area contributed by atoms with Gasteiger partial charge in [-0.25, -0.2) is 27.7 Å². The number of ether oxygens (including phenoxy) is 2. The van der Waals surface area contributed by atoms with Crippen LogP contribution in [-0.4, -0.2) is 86.3 Å². The number of fused-ring (bicyclic) bond motifs is 1. The molecule has 2 N–H and O–H groups in total. The van der Waals surface area contributed by atoms with Crippen LogP contribution in [-0.2, 0) is 40.0 Å². The van der Waals surface area contributed by atoms with Crippen molar-refractivity contribution in [1.82, 2.24) is 30.0 Å². The molecule has 51 heavy (non-hydrogen) atoms. The lowest BCUT2D eigenvalue weighted by molar-refractivity contribution is -0.148. The summed E-state index contributed by atoms with van der Waals surface area (Å²) in [7, 11) is 0. The van der Waals surface area contributed by atoms with Gasteiger partial charge in [0.05, 0.1) is 12.2 Å². The topological polar surface area (TPSA) is 135 Å². The molecule has 0 spiro atoms. The van der Waals surface area contributed by atoms with E-state index in [0.717, 1.165) is 4.57 Å². The summed E-state index contributed by atoms with van der Waals surface area (Å²) in [5, 5.41) is 5.12. The molecule has 0 unspecified atom stereocenters. The number of nitrogens with zero attached hydrogens (tertiary/aromatic N) is 4. The van der Waals surface area contributed by atoms with Gasteiger partial charge in [-0.15, -0.1) is 0 Å². The van der Waals surface area contributed by atoms with Gasteiger partial charge >= 0.3 is 18.4 Å². The zero-order valence-electron chi connectivity index (χ0n) is 29.2. The number of alkyl carbamates (subject to hydrolysis) is 2. The molecule has 282 valence electrons. The van der Waals surface area contributed by atoms with Crippen LogP contribution in [0.4, 0.5) is 35.9 Å². The van der Waals surface area contributed by atoms with E-state index in [1.165, 1.54) is 9.80 Å². The quantitative estimate of drug-likeness (QED) is 0.291. The van der Waals surface area contributed by atoms with E-state index in [1.807, 2.05) is 0 Å². The lowest BCUT2D eigenvalue weighted by atomic mass is 10.0. The average molecular weight is 733 g/mol. The highest BCUT2D eigenvalue weighted by Crippen LogP contribution is 2.33. The molecule has 2 atom stereocenters. The molecule has 0 saturated carbocycles. The van der Waals surface area contributed by atoms with Crippen molar-refractivity contribution in [3.05, 3.63) is 52.4 Å². The van der Waals surface area contributed by atoms with E-state index < -0.39 is 102 Å². The predicted molar refractivity (Wildman–Crippen MR) is 169 cm³/mol. The molecule has 0 bridgehead atoms. The van der Waals surface area contributed by atoms with Crippen LogP contribution in [0, 0.1) is 17.5 Å². The van der Waals surface area contributed by atoms with Gasteiger partial charge in [-0.1, -0.05) is 0 Å². The first-order chi connectivity index (χ1) is 23.5. The molecular formula is C33H42F6N6O6. The zero-order chi connectivity index (χ0) is 38.1. The fraction of sp³-hybridized carbons (Fsp3) is 0.606. The van der Waals surface area contributed by atoms with Crippen LogP contribution >= 0.6 is 0 Å². The van der Waals surface area contributed by atoms with Gasteiger partial charge < -0.3 is 34.5 Å². The van der Waals surface area contributed by atoms with Gasteiger partial charge in [0.2, 0.25) is 11.7 Å². The number of nitrogens with one attached hydrogen (secondary N) is 2. The molecular weight excluding hydrogens is 690 g/mol. The lowest BCUT2D eigenvalue weighted by Crippen LogP contribution is -2.51. The highest BCUT2D eigenvalue weighted by molar-refractivity contribution is 5.94. The minimum absolute atomic E-state index is 0.0209. The minimum Gasteiger partial charge on any atom is -0.444 e. The third-order valence-electron chi connectivity index (χ3n) is 7.94. The smallest absolute Gasteiger partial charge is 0.444 e. The van der Waals surface area contributed by atoms with Crippen LogP contribution in [0.25, 0.3) is 0 Å². The van der Waals surface area contributed by atoms with Crippen molar-refractivity contribution in [3.63, 3.8) is 0 Å². The molecule has 4 amide bonds. The standard InChI is InChI=1S/C33H42F6N6O6/c1-31(2,3)50-29(48)40-19-8-7-9-44(16-19)27(47)26-24-17-43(10-11-45(24)28(42-26)33(37,38)39)25(46)14-20(41-30(49)51-32(4,5)6)12-18-13-22(35)23(36)15-21(18)34/h13,15,19-20H,7-12,14,16-17H2,1-6H3,(H,40,48)(H,41,49)/t19-,20+/m1/s1. The third-order valence-corrected chi connectivity index (χ3v) is 7.94. The van der Waals surface area contributed by atoms with Crippen molar-refractivity contribution in [2.75, 3.05) is 19.6 Å². The second kappa shape index (κ2) is 15.0. The Kier molecular flexibility index (Phi) is 11.5. The molecule has 3 heterocycles. The summed E-state index contributed by atoms with van der Waals surface area (Å²) >= 11 is 0. The number of rotatable bonds is 7. The number of benzene rings is 1. The third kappa shape index (κ3) is 10.5. The van der Waals surface area contributed by atoms with E-state index in [4.69, 9.17) is 9.47 Å². The predicted octanol–water partition coefficient (Wildman–Crippen LogP) is 5.32. The van der Waals surface area contributed by atoms with E-state index in [2.05, 4.69) is 15.6 Å². The maximum atomic E-state index is 14.6. The van der Waals surface area contributed by atoms with Gasteiger partial charge in [0.15, 0.2) is 17.3 Å². The number of alkyl halides is 3. The van der Waals surface area contributed by atoms with E-state index in [1.54, 1.807) is 41.5 Å². The average Bonchev–Trinajstić information content (AvgIpc) is 3.37. The second-order valence-electron chi connectivity index (χ2n) is 14.5. The molecule has 0 aliphatic carbocycles. The summed E-state index contributed by atoms with van der Waals surface area (Å²) in [5.41, 5.74) is -2.76. The summed E-state index contributed by atoms with van der Waals surface area (Å²) in [6.07, 6.45) is -6.69. The van der Waals surface area contributed by atoms with Crippen LogP contribution in [0.2, 0.25) is 0 Å². The second-order valence-corrected chi connectivity index (χ2v) is 14.5. The fourth-order valence-corrected chi connectivity index (χ4v) is 5.85. The van der Waals surface area contributed by atoms with Crippen molar-refractivity contribution >= 4 is 24.0 Å². The van der Waals surface area contributed by atoms with Crippen LogP contribution < -0.4 is 10.6 Å². The lowest BCUT2D eigenvalue weighted by Gasteiger charge is -2.34. The van der Waals surface area contributed by atoms with Crippen molar-refractivity contribution in [2.45, 2.75) is 110 Å². The molecule has 2 aromatic rings. The number of carbonyl (C=O) groups is 4. The number of piperidine rings is 1. The molecule has 0 radical (unpaired) electrons. The van der Waals surface area contributed by atoms with Gasteiger partial charge in [0, 0.05) is 50.7 Å². The number of amides is 4. The monoisotopic (exact) mass is 732 g/mol. The number of likely N-dealkylation sites (tertiary alicyclic amines) is 1. The van der Waals surface area contributed by atoms with E-state index in [-0.39, 0.29) is 37.4 Å². The Balaban J connectivity index is 1.56. The molecule has 12 nitrogen and oxygen atoms in total. The highest BCUT2D eigenvalue weighted by Gasteiger charge is 2.43. The Labute approximate surface area is 290 Å². The summed E-state index contributed by atoms with van der Waals surface area (Å²) in [4.78, 5) is 58.4. The van der Waals surface area contributed by atoms with E-state index in [0.29, 0.717) is 25.0 Å². The van der Waals surface area contributed by atoms with Gasteiger partial charge in [-0.3, -0.25) is 9.59 Å². The Morgan fingerprint density at radius 1 is 0.882 bits per heavy atom. The van der Waals surface area contributed by atoms with Gasteiger partial charge in [-0.2, -0.15) is 13.2 Å². The van der Waals surface area contributed by atoms with Crippen molar-refractivity contribution < 1.29 is 55.0 Å². The molecule has 2 aliphatic heterocycles. The number of carbonyl (C=O) groups excluding carboxylic acids is 4. The summed E-state index contributed by atoms with van der Waals surface area (Å²) < 4.78 is 95.8. The van der Waals surface area contributed by atoms with E-state index in [9.17, 15) is 45.5 Å². The first-order valence-electron chi connectivity index (χ1n) is 16.4. The molecule has 4 rings (SSSR count). The largest absolute Gasteiger partial charge is 0.449 e. The molecule has 1 saturated heterocycles. The molecule has 1 aromatic carbocycles. The molecule has 1 fully saturated rings. The maximum absolute atomic E-state index is 14.6. The maximum Gasteiger partial charge on any atom is 0.449 e. The fourth-order valence-electron chi connectivity index (χ4n) is 5.85. The van der Waals surface area contributed by atoms with Crippen LogP contribution in [0.15, 0.2) is 12.1 Å². The Hall–Kier alpha value is -4.51. The Morgan fingerprint density at radius 3 is 2.14 bits per heavy atom. The minimum atomic E-state index is -4.93. The first-order valence-corrected chi connectivity index (χ1v) is 16.4. The van der Waals surface area contributed by atoms with Gasteiger partial charge in [0.25, 0.3) is 5.91 Å². The first kappa shape index (κ1) is 39.3. The highest BCUT2D eigenvalue weighted by atomic mass is 19.4. The van der Waals surface area contributed by atoms with E-state index >= 15 is 0 Å². The number of imidazole rings is 1. The van der Waals surface area contributed by atoms with Crippen molar-refractivity contribution in [3.8, 4) is 0 Å². The number of hydrogen-bond donors (Lipinski definition) is 2. The Bertz CT molecular complexity index is 1650. The number of aromatic nitrogens is 2. The number of halogens is 6. The van der Waals surface area contributed by atoms with Gasteiger partial charge in [-0.05, 0) is 72.4 Å². The summed E-state index contributed by atoms with van der Waals surface area (Å²) in [5.74, 6) is -6.74. The Morgan fingerprint density at radius 2 is 1.51 bits per heavy atom. The molecule has 18 heteroatoms. The summed E-state index contributed by atoms with van der Waals surface area (Å²) in [6.45, 7) is 8.87. The van der Waals surface area contributed by atoms with Crippen LogP contribution in [0.3, 0.4) is 0 Å². The number of hydrogen-bond acceptors (Lipinski definition) is 7. The normalized spacial score (nSPS) is 17.4. The summed E-state index contributed by atoms with van der Waals surface area (Å²) in [6, 6.07) is -0.820. The van der Waals surface area contributed by atoms with Crippen LogP contribution in [0.1, 0.15) is 88.4 Å².